The molecule has 2 aliphatic rings. The highest BCUT2D eigenvalue weighted by Gasteiger charge is 2.35. The summed E-state index contributed by atoms with van der Waals surface area (Å²) in [5.74, 6) is 0. The maximum atomic E-state index is 10.8. The van der Waals surface area contributed by atoms with Crippen LogP contribution in [0.2, 0.25) is 5.02 Å². The van der Waals surface area contributed by atoms with E-state index in [9.17, 15) is 10.1 Å². The van der Waals surface area contributed by atoms with Gasteiger partial charge in [0.1, 0.15) is 0 Å². The molecule has 2 bridgehead atoms. The Balaban J connectivity index is 1.80. The van der Waals surface area contributed by atoms with E-state index in [0.717, 1.165) is 18.5 Å². The van der Waals surface area contributed by atoms with Gasteiger partial charge < -0.3 is 10.2 Å². The molecular formula is C14H18ClN3O2. The van der Waals surface area contributed by atoms with Crippen molar-refractivity contribution in [3.8, 4) is 0 Å². The summed E-state index contributed by atoms with van der Waals surface area (Å²) in [7, 11) is 2.03. The Bertz CT molecular complexity index is 525. The van der Waals surface area contributed by atoms with Crippen LogP contribution in [0.3, 0.4) is 0 Å². The number of nitro benzene ring substituents is 1. The summed E-state index contributed by atoms with van der Waals surface area (Å²) in [5.41, 5.74) is 0.918. The van der Waals surface area contributed by atoms with Gasteiger partial charge in [0.05, 0.1) is 15.6 Å². The number of halogens is 1. The highest BCUT2D eigenvalue weighted by molar-refractivity contribution is 6.33. The van der Waals surface area contributed by atoms with E-state index in [1.54, 1.807) is 6.07 Å². The molecule has 0 radical (unpaired) electrons. The second-order valence-corrected chi connectivity index (χ2v) is 6.17. The molecule has 0 aliphatic carbocycles. The Kier molecular flexibility index (Phi) is 3.56. The molecule has 2 heterocycles. The first-order chi connectivity index (χ1) is 9.54. The molecule has 0 amide bonds. The molecule has 1 aromatic carbocycles. The van der Waals surface area contributed by atoms with Gasteiger partial charge >= 0.3 is 0 Å². The van der Waals surface area contributed by atoms with E-state index in [1.807, 2.05) is 7.05 Å². The van der Waals surface area contributed by atoms with Crippen LogP contribution in [0.25, 0.3) is 0 Å². The number of fused-ring (bicyclic) bond motifs is 2. The molecule has 2 aliphatic heterocycles. The number of non-ortho nitro benzene ring substituents is 1. The number of anilines is 1. The average Bonchev–Trinajstić information content (AvgIpc) is 2.76. The van der Waals surface area contributed by atoms with Crippen LogP contribution < -0.4 is 10.2 Å². The first kappa shape index (κ1) is 13.6. The predicted octanol–water partition coefficient (Wildman–Crippen LogP) is 2.97. The van der Waals surface area contributed by atoms with Gasteiger partial charge in [-0.15, -0.1) is 0 Å². The number of nitrogens with zero attached hydrogens (tertiary/aromatic N) is 2. The summed E-state index contributed by atoms with van der Waals surface area (Å²) in [6.07, 6.45) is 4.73. The molecule has 3 rings (SSSR count). The van der Waals surface area contributed by atoms with E-state index in [-0.39, 0.29) is 5.69 Å². The van der Waals surface area contributed by atoms with E-state index < -0.39 is 4.92 Å². The summed E-state index contributed by atoms with van der Waals surface area (Å²) in [6, 6.07) is 6.38. The highest BCUT2D eigenvalue weighted by atomic mass is 35.5. The smallest absolute Gasteiger partial charge is 0.271 e. The van der Waals surface area contributed by atoms with Gasteiger partial charge in [-0.05, 0) is 31.7 Å². The topological polar surface area (TPSA) is 58.4 Å². The third kappa shape index (κ3) is 2.47. The summed E-state index contributed by atoms with van der Waals surface area (Å²) in [6.45, 7) is 0. The molecule has 20 heavy (non-hydrogen) atoms. The van der Waals surface area contributed by atoms with Crippen molar-refractivity contribution in [2.24, 2.45) is 0 Å². The molecule has 6 heteroatoms. The van der Waals surface area contributed by atoms with E-state index >= 15 is 0 Å². The van der Waals surface area contributed by atoms with Gasteiger partial charge in [0.25, 0.3) is 5.69 Å². The van der Waals surface area contributed by atoms with E-state index in [4.69, 9.17) is 11.6 Å². The van der Waals surface area contributed by atoms with Crippen LogP contribution in [-0.2, 0) is 0 Å². The number of hydrogen-bond acceptors (Lipinski definition) is 4. The fourth-order valence-electron chi connectivity index (χ4n) is 3.44. The zero-order chi connectivity index (χ0) is 14.3. The molecule has 1 aromatic rings. The van der Waals surface area contributed by atoms with Gasteiger partial charge in [-0.1, -0.05) is 11.6 Å². The van der Waals surface area contributed by atoms with Crippen LogP contribution in [0.1, 0.15) is 25.7 Å². The van der Waals surface area contributed by atoms with Gasteiger partial charge in [0, 0.05) is 37.3 Å². The molecular weight excluding hydrogens is 278 g/mol. The Labute approximate surface area is 123 Å². The number of rotatable bonds is 3. The number of benzene rings is 1. The van der Waals surface area contributed by atoms with Crippen molar-refractivity contribution in [1.29, 1.82) is 0 Å². The molecule has 5 nitrogen and oxygen atoms in total. The summed E-state index contributed by atoms with van der Waals surface area (Å²) >= 11 is 6.21. The first-order valence-corrected chi connectivity index (χ1v) is 7.35. The first-order valence-electron chi connectivity index (χ1n) is 6.97. The SMILES string of the molecule is CN(c1ccc([N+](=O)[O-])cc1Cl)C1CC2CCC(C1)N2. The lowest BCUT2D eigenvalue weighted by Gasteiger charge is -2.37. The zero-order valence-electron chi connectivity index (χ0n) is 11.4. The highest BCUT2D eigenvalue weighted by Crippen LogP contribution is 2.35. The van der Waals surface area contributed by atoms with Crippen LogP contribution in [0.5, 0.6) is 0 Å². The van der Waals surface area contributed by atoms with Gasteiger partial charge in [0.15, 0.2) is 0 Å². The fraction of sp³-hybridized carbons (Fsp3) is 0.571. The zero-order valence-corrected chi connectivity index (χ0v) is 12.1. The van der Waals surface area contributed by atoms with Crippen LogP contribution in [-0.4, -0.2) is 30.1 Å². The Morgan fingerprint density at radius 2 is 2.00 bits per heavy atom. The van der Waals surface area contributed by atoms with Crippen molar-refractivity contribution in [1.82, 2.24) is 5.32 Å². The lowest BCUT2D eigenvalue weighted by molar-refractivity contribution is -0.384. The standard InChI is InChI=1S/C14H18ClN3O2/c1-17(12-6-9-2-3-10(7-12)16-9)14-5-4-11(18(19)20)8-13(14)15/h4-5,8-10,12,16H,2-3,6-7H2,1H3. The lowest BCUT2D eigenvalue weighted by Crippen LogP contribution is -2.47. The largest absolute Gasteiger partial charge is 0.370 e. The predicted molar refractivity (Wildman–Crippen MR) is 79.5 cm³/mol. The monoisotopic (exact) mass is 295 g/mol. The molecule has 2 atom stereocenters. The van der Waals surface area contributed by atoms with Crippen molar-refractivity contribution in [3.63, 3.8) is 0 Å². The summed E-state index contributed by atoms with van der Waals surface area (Å²) in [4.78, 5) is 12.5. The average molecular weight is 296 g/mol. The van der Waals surface area contributed by atoms with Crippen LogP contribution >= 0.6 is 11.6 Å². The third-order valence-corrected chi connectivity index (χ3v) is 4.82. The molecule has 0 aromatic heterocycles. The molecule has 108 valence electrons. The molecule has 2 unspecified atom stereocenters. The van der Waals surface area contributed by atoms with Crippen LogP contribution in [0.4, 0.5) is 11.4 Å². The van der Waals surface area contributed by atoms with Crippen LogP contribution in [0, 0.1) is 10.1 Å². The number of nitrogens with one attached hydrogen (secondary N) is 1. The van der Waals surface area contributed by atoms with Gasteiger partial charge in [-0.25, -0.2) is 0 Å². The van der Waals surface area contributed by atoms with Crippen molar-refractivity contribution < 1.29 is 4.92 Å². The second kappa shape index (κ2) is 5.22. The van der Waals surface area contributed by atoms with Crippen molar-refractivity contribution in [2.75, 3.05) is 11.9 Å². The minimum atomic E-state index is -0.416. The molecule has 0 saturated carbocycles. The Hall–Kier alpha value is -1.33. The Morgan fingerprint density at radius 1 is 1.35 bits per heavy atom. The van der Waals surface area contributed by atoms with Gasteiger partial charge in [-0.3, -0.25) is 10.1 Å². The van der Waals surface area contributed by atoms with E-state index in [2.05, 4.69) is 10.2 Å². The summed E-state index contributed by atoms with van der Waals surface area (Å²) < 4.78 is 0. The summed E-state index contributed by atoms with van der Waals surface area (Å²) in [5, 5.41) is 14.8. The number of hydrogen-bond donors (Lipinski definition) is 1. The van der Waals surface area contributed by atoms with Gasteiger partial charge in [-0.2, -0.15) is 0 Å². The maximum Gasteiger partial charge on any atom is 0.271 e. The van der Waals surface area contributed by atoms with Crippen molar-refractivity contribution >= 4 is 23.0 Å². The Morgan fingerprint density at radius 3 is 2.55 bits per heavy atom. The van der Waals surface area contributed by atoms with Crippen molar-refractivity contribution in [2.45, 2.75) is 43.8 Å². The number of piperidine rings is 1. The second-order valence-electron chi connectivity index (χ2n) is 5.77. The minimum Gasteiger partial charge on any atom is -0.370 e. The molecule has 1 N–H and O–H groups in total. The molecule has 2 saturated heterocycles. The quantitative estimate of drug-likeness (QED) is 0.688. The maximum absolute atomic E-state index is 10.8. The lowest BCUT2D eigenvalue weighted by atomic mass is 9.98. The third-order valence-electron chi connectivity index (χ3n) is 4.52. The minimum absolute atomic E-state index is 0.0394. The van der Waals surface area contributed by atoms with Crippen molar-refractivity contribution in [3.05, 3.63) is 33.3 Å². The number of nitro groups is 1. The molecule has 2 fully saturated rings. The van der Waals surface area contributed by atoms with E-state index in [0.29, 0.717) is 23.1 Å². The van der Waals surface area contributed by atoms with Gasteiger partial charge in [0.2, 0.25) is 0 Å². The molecule has 0 spiro atoms. The fourth-order valence-corrected chi connectivity index (χ4v) is 3.74. The normalized spacial score (nSPS) is 28.4. The van der Waals surface area contributed by atoms with E-state index in [1.165, 1.54) is 25.0 Å². The van der Waals surface area contributed by atoms with Crippen LogP contribution in [0.15, 0.2) is 18.2 Å².